The number of benzene rings is 3. The third-order valence-corrected chi connectivity index (χ3v) is 6.38. The molecule has 0 radical (unpaired) electrons. The number of aromatic nitrogens is 2. The van der Waals surface area contributed by atoms with Crippen LogP contribution in [0.3, 0.4) is 0 Å². The number of carbonyl (C=O) groups is 2. The van der Waals surface area contributed by atoms with Crippen molar-refractivity contribution in [3.05, 3.63) is 101 Å². The van der Waals surface area contributed by atoms with Crippen molar-refractivity contribution in [3.63, 3.8) is 0 Å². The molecule has 8 heteroatoms. The summed E-state index contributed by atoms with van der Waals surface area (Å²) in [7, 11) is 0. The molecule has 182 valence electrons. The Hall–Kier alpha value is -4.33. The number of anilines is 1. The summed E-state index contributed by atoms with van der Waals surface area (Å²) in [5.41, 5.74) is 3.53. The number of hydrogen-bond acceptors (Lipinski definition) is 5. The molecule has 2 amide bonds. The molecule has 2 heterocycles. The predicted octanol–water partition coefficient (Wildman–Crippen LogP) is 5.46. The van der Waals surface area contributed by atoms with Gasteiger partial charge in [0.1, 0.15) is 5.82 Å². The quantitative estimate of drug-likeness (QED) is 0.407. The predicted molar refractivity (Wildman–Crippen MR) is 133 cm³/mol. The van der Waals surface area contributed by atoms with Gasteiger partial charge >= 0.3 is 0 Å². The van der Waals surface area contributed by atoms with Gasteiger partial charge < -0.3 is 14.7 Å². The molecular formula is C28H25FN4O3. The third-order valence-electron chi connectivity index (χ3n) is 6.38. The van der Waals surface area contributed by atoms with Crippen molar-refractivity contribution in [2.75, 3.05) is 18.4 Å². The van der Waals surface area contributed by atoms with E-state index in [1.54, 1.807) is 24.3 Å². The molecule has 0 aliphatic carbocycles. The second-order valence-electron chi connectivity index (χ2n) is 8.93. The lowest BCUT2D eigenvalue weighted by Gasteiger charge is -2.30. The fourth-order valence-electron chi connectivity index (χ4n) is 4.23. The summed E-state index contributed by atoms with van der Waals surface area (Å²) in [6.45, 7) is 3.26. The highest BCUT2D eigenvalue weighted by Gasteiger charge is 2.28. The number of nitrogens with zero attached hydrogens (tertiary/aromatic N) is 3. The van der Waals surface area contributed by atoms with Crippen molar-refractivity contribution in [1.29, 1.82) is 0 Å². The van der Waals surface area contributed by atoms with E-state index in [9.17, 15) is 14.0 Å². The molecule has 1 aromatic heterocycles. The van der Waals surface area contributed by atoms with E-state index in [0.29, 0.717) is 41.6 Å². The Bertz CT molecular complexity index is 1360. The van der Waals surface area contributed by atoms with Crippen molar-refractivity contribution in [2.24, 2.45) is 0 Å². The SMILES string of the molecule is Cc1ccc(C(=O)N2CCC(c3nc(-c4ccc(C(=O)Nc5ccc(F)cc5)cc4)no3)CC2)cc1. The lowest BCUT2D eigenvalue weighted by atomic mass is 9.96. The first-order valence-electron chi connectivity index (χ1n) is 11.8. The Labute approximate surface area is 207 Å². The van der Waals surface area contributed by atoms with E-state index in [2.05, 4.69) is 15.5 Å². The van der Waals surface area contributed by atoms with E-state index in [4.69, 9.17) is 4.52 Å². The number of halogens is 1. The van der Waals surface area contributed by atoms with Gasteiger partial charge in [-0.1, -0.05) is 35.0 Å². The second-order valence-corrected chi connectivity index (χ2v) is 8.93. The summed E-state index contributed by atoms with van der Waals surface area (Å²) in [6.07, 6.45) is 1.50. The van der Waals surface area contributed by atoms with Gasteiger partial charge in [0, 0.05) is 41.4 Å². The van der Waals surface area contributed by atoms with Crippen molar-refractivity contribution in [1.82, 2.24) is 15.0 Å². The minimum atomic E-state index is -0.363. The molecule has 1 N–H and O–H groups in total. The number of amides is 2. The summed E-state index contributed by atoms with van der Waals surface area (Å²) in [4.78, 5) is 31.7. The lowest BCUT2D eigenvalue weighted by Crippen LogP contribution is -2.38. The zero-order chi connectivity index (χ0) is 25.1. The number of likely N-dealkylation sites (tertiary alicyclic amines) is 1. The molecule has 4 aromatic rings. The second kappa shape index (κ2) is 10.1. The van der Waals surface area contributed by atoms with Crippen LogP contribution in [0.15, 0.2) is 77.3 Å². The molecule has 0 saturated carbocycles. The van der Waals surface area contributed by atoms with Crippen LogP contribution in [0.5, 0.6) is 0 Å². The molecule has 0 spiro atoms. The zero-order valence-electron chi connectivity index (χ0n) is 19.8. The van der Waals surface area contributed by atoms with E-state index in [1.807, 2.05) is 36.1 Å². The van der Waals surface area contributed by atoms with Gasteiger partial charge in [-0.2, -0.15) is 4.98 Å². The van der Waals surface area contributed by atoms with Crippen LogP contribution in [-0.4, -0.2) is 39.9 Å². The molecular weight excluding hydrogens is 459 g/mol. The van der Waals surface area contributed by atoms with Crippen LogP contribution in [0.4, 0.5) is 10.1 Å². The van der Waals surface area contributed by atoms with Crippen LogP contribution < -0.4 is 5.32 Å². The van der Waals surface area contributed by atoms with Gasteiger partial charge in [0.25, 0.3) is 11.8 Å². The van der Waals surface area contributed by atoms with E-state index in [0.717, 1.165) is 24.0 Å². The Balaban J connectivity index is 1.19. The molecule has 1 fully saturated rings. The fraction of sp³-hybridized carbons (Fsp3) is 0.214. The van der Waals surface area contributed by atoms with Crippen LogP contribution in [0.2, 0.25) is 0 Å². The molecule has 0 bridgehead atoms. The largest absolute Gasteiger partial charge is 0.339 e. The van der Waals surface area contributed by atoms with Gasteiger partial charge in [-0.3, -0.25) is 9.59 Å². The Morgan fingerprint density at radius 3 is 2.22 bits per heavy atom. The maximum atomic E-state index is 13.0. The zero-order valence-corrected chi connectivity index (χ0v) is 19.8. The van der Waals surface area contributed by atoms with E-state index in [-0.39, 0.29) is 23.5 Å². The van der Waals surface area contributed by atoms with Gasteiger partial charge in [0.15, 0.2) is 0 Å². The van der Waals surface area contributed by atoms with Crippen LogP contribution in [0.1, 0.15) is 50.9 Å². The molecule has 1 aliphatic rings. The smallest absolute Gasteiger partial charge is 0.255 e. The molecule has 1 saturated heterocycles. The van der Waals surface area contributed by atoms with E-state index >= 15 is 0 Å². The highest BCUT2D eigenvalue weighted by Crippen LogP contribution is 2.29. The average molecular weight is 485 g/mol. The van der Waals surface area contributed by atoms with Crippen LogP contribution in [0, 0.1) is 12.7 Å². The normalized spacial score (nSPS) is 14.0. The van der Waals surface area contributed by atoms with Gasteiger partial charge in [-0.05, 0) is 68.3 Å². The van der Waals surface area contributed by atoms with Crippen molar-refractivity contribution in [3.8, 4) is 11.4 Å². The number of rotatable bonds is 5. The summed E-state index contributed by atoms with van der Waals surface area (Å²) in [5, 5.41) is 6.85. The van der Waals surface area contributed by atoms with Gasteiger partial charge in [-0.15, -0.1) is 0 Å². The summed E-state index contributed by atoms with van der Waals surface area (Å²) in [5.74, 6) is 0.489. The Morgan fingerprint density at radius 1 is 0.917 bits per heavy atom. The third kappa shape index (κ3) is 5.17. The first-order valence-corrected chi connectivity index (χ1v) is 11.8. The molecule has 1 aliphatic heterocycles. The van der Waals surface area contributed by atoms with Crippen LogP contribution >= 0.6 is 0 Å². The van der Waals surface area contributed by atoms with Crippen LogP contribution in [-0.2, 0) is 0 Å². The summed E-state index contributed by atoms with van der Waals surface area (Å²) < 4.78 is 18.6. The van der Waals surface area contributed by atoms with Gasteiger partial charge in [0.05, 0.1) is 0 Å². The standard InChI is InChI=1S/C28H25FN4O3/c1-18-2-4-22(5-3-18)28(35)33-16-14-21(15-17-33)27-31-25(32-36-27)19-6-8-20(9-7-19)26(34)30-24-12-10-23(29)11-13-24/h2-13,21H,14-17H2,1H3,(H,30,34). The molecule has 0 atom stereocenters. The van der Waals surface area contributed by atoms with E-state index < -0.39 is 0 Å². The number of hydrogen-bond donors (Lipinski definition) is 1. The first-order chi connectivity index (χ1) is 17.5. The molecule has 7 nitrogen and oxygen atoms in total. The Morgan fingerprint density at radius 2 is 1.56 bits per heavy atom. The number of carbonyl (C=O) groups excluding carboxylic acids is 2. The number of piperidine rings is 1. The van der Waals surface area contributed by atoms with Gasteiger partial charge in [-0.25, -0.2) is 4.39 Å². The van der Waals surface area contributed by atoms with Gasteiger partial charge in [0.2, 0.25) is 11.7 Å². The summed E-state index contributed by atoms with van der Waals surface area (Å²) in [6, 6.07) is 20.1. The van der Waals surface area contributed by atoms with E-state index in [1.165, 1.54) is 24.3 Å². The minimum Gasteiger partial charge on any atom is -0.339 e. The number of nitrogens with one attached hydrogen (secondary N) is 1. The highest BCUT2D eigenvalue weighted by atomic mass is 19.1. The summed E-state index contributed by atoms with van der Waals surface area (Å²) >= 11 is 0. The topological polar surface area (TPSA) is 88.3 Å². The molecule has 5 rings (SSSR count). The number of aryl methyl sites for hydroxylation is 1. The maximum Gasteiger partial charge on any atom is 0.255 e. The lowest BCUT2D eigenvalue weighted by molar-refractivity contribution is 0.0704. The maximum absolute atomic E-state index is 13.0. The van der Waals surface area contributed by atoms with Crippen LogP contribution in [0.25, 0.3) is 11.4 Å². The molecule has 36 heavy (non-hydrogen) atoms. The average Bonchev–Trinajstić information content (AvgIpc) is 3.41. The molecule has 0 unspecified atom stereocenters. The fourth-order valence-corrected chi connectivity index (χ4v) is 4.23. The Kier molecular flexibility index (Phi) is 6.58. The van der Waals surface area contributed by atoms with Crippen molar-refractivity contribution in [2.45, 2.75) is 25.7 Å². The monoisotopic (exact) mass is 484 g/mol. The molecule has 3 aromatic carbocycles. The highest BCUT2D eigenvalue weighted by molar-refractivity contribution is 6.04. The first kappa shape index (κ1) is 23.4. The van der Waals surface area contributed by atoms with Crippen molar-refractivity contribution >= 4 is 17.5 Å². The minimum absolute atomic E-state index is 0.0447. The van der Waals surface area contributed by atoms with Crippen molar-refractivity contribution < 1.29 is 18.5 Å².